The Labute approximate surface area is 301 Å². The molecule has 0 amide bonds. The highest BCUT2D eigenvalue weighted by molar-refractivity contribution is 6.09. The number of rotatable bonds is 8. The third-order valence-corrected chi connectivity index (χ3v) is 11.7. The van der Waals surface area contributed by atoms with Crippen molar-refractivity contribution in [3.63, 3.8) is 0 Å². The highest BCUT2D eigenvalue weighted by Gasteiger charge is 2.46. The van der Waals surface area contributed by atoms with Gasteiger partial charge in [0.15, 0.2) is 5.60 Å². The van der Waals surface area contributed by atoms with E-state index < -0.39 is 5.60 Å². The molecule has 3 aliphatic rings. The first-order valence-electron chi connectivity index (χ1n) is 18.8. The van der Waals surface area contributed by atoms with Crippen LogP contribution in [0.3, 0.4) is 0 Å². The van der Waals surface area contributed by atoms with Gasteiger partial charge in [-0.2, -0.15) is 0 Å². The lowest BCUT2D eigenvalue weighted by Gasteiger charge is -2.39. The molecule has 1 aliphatic carbocycles. The first kappa shape index (κ1) is 31.9. The second-order valence-corrected chi connectivity index (χ2v) is 14.3. The molecule has 4 nitrogen and oxygen atoms in total. The third-order valence-electron chi connectivity index (χ3n) is 11.7. The number of morpholine rings is 1. The van der Waals surface area contributed by atoms with Crippen LogP contribution >= 0.6 is 0 Å². The van der Waals surface area contributed by atoms with E-state index in [9.17, 15) is 0 Å². The van der Waals surface area contributed by atoms with Crippen molar-refractivity contribution in [2.45, 2.75) is 51.0 Å². The standard InChI is InChI=1S/C47H45NO3/c1-4-27-50-37-21-22-38-41(31-37)45-40(44-43(38)39-13-9-10-14-42(39)46(44,5-2)6-3)23-24-47(51-45,35-16-15-32-11-7-8-12-33(32)30-35)34-17-19-36(20-18-34)48-25-28-49-29-26-48/h7-24,30-31H,4-6,25-29H2,1-3H3. The summed E-state index contributed by atoms with van der Waals surface area (Å²) in [5.41, 5.74) is 9.13. The fourth-order valence-corrected chi connectivity index (χ4v) is 9.08. The number of hydrogen-bond acceptors (Lipinski definition) is 4. The van der Waals surface area contributed by atoms with Gasteiger partial charge in [-0.25, -0.2) is 0 Å². The zero-order valence-corrected chi connectivity index (χ0v) is 29.9. The van der Waals surface area contributed by atoms with Crippen LogP contribution in [0.15, 0.2) is 115 Å². The zero-order valence-electron chi connectivity index (χ0n) is 29.9. The summed E-state index contributed by atoms with van der Waals surface area (Å²) in [5, 5.41) is 4.72. The Bertz CT molecular complexity index is 2290. The van der Waals surface area contributed by atoms with Crippen molar-refractivity contribution in [1.82, 2.24) is 0 Å². The Hall–Kier alpha value is -5.06. The minimum absolute atomic E-state index is 0.113. The van der Waals surface area contributed by atoms with E-state index in [1.807, 2.05) is 0 Å². The lowest BCUT2D eigenvalue weighted by molar-refractivity contribution is 0.122. The van der Waals surface area contributed by atoms with Crippen LogP contribution in [0.4, 0.5) is 5.69 Å². The molecule has 6 aromatic rings. The largest absolute Gasteiger partial charge is 0.494 e. The van der Waals surface area contributed by atoms with Crippen molar-refractivity contribution >= 4 is 33.3 Å². The molecule has 0 saturated carbocycles. The molecule has 9 rings (SSSR count). The Morgan fingerprint density at radius 3 is 2.25 bits per heavy atom. The van der Waals surface area contributed by atoms with Gasteiger partial charge >= 0.3 is 0 Å². The van der Waals surface area contributed by atoms with E-state index in [-0.39, 0.29) is 5.41 Å². The number of fused-ring (bicyclic) bond motifs is 9. The van der Waals surface area contributed by atoms with E-state index in [0.717, 1.165) is 73.6 Å². The molecule has 6 aromatic carbocycles. The molecule has 1 fully saturated rings. The third kappa shape index (κ3) is 4.91. The summed E-state index contributed by atoms with van der Waals surface area (Å²) in [6.45, 7) is 10.8. The quantitative estimate of drug-likeness (QED) is 0.161. The monoisotopic (exact) mass is 671 g/mol. The molecular formula is C47H45NO3. The van der Waals surface area contributed by atoms with Crippen molar-refractivity contribution in [3.8, 4) is 22.6 Å². The van der Waals surface area contributed by atoms with E-state index in [1.165, 1.54) is 49.7 Å². The van der Waals surface area contributed by atoms with E-state index in [1.54, 1.807) is 0 Å². The molecule has 1 atom stereocenters. The van der Waals surface area contributed by atoms with Gasteiger partial charge in [0.2, 0.25) is 0 Å². The summed E-state index contributed by atoms with van der Waals surface area (Å²) in [7, 11) is 0. The molecule has 1 unspecified atom stereocenters. The Morgan fingerprint density at radius 2 is 1.47 bits per heavy atom. The molecule has 1 saturated heterocycles. The van der Waals surface area contributed by atoms with E-state index >= 15 is 0 Å². The maximum absolute atomic E-state index is 7.73. The van der Waals surface area contributed by atoms with E-state index in [4.69, 9.17) is 14.2 Å². The Kier molecular flexibility index (Phi) is 7.89. The molecule has 256 valence electrons. The predicted molar refractivity (Wildman–Crippen MR) is 210 cm³/mol. The van der Waals surface area contributed by atoms with Gasteiger partial charge < -0.3 is 19.1 Å². The van der Waals surface area contributed by atoms with Crippen molar-refractivity contribution in [3.05, 3.63) is 143 Å². The molecule has 51 heavy (non-hydrogen) atoms. The van der Waals surface area contributed by atoms with Gasteiger partial charge in [0.1, 0.15) is 11.5 Å². The van der Waals surface area contributed by atoms with Crippen molar-refractivity contribution < 1.29 is 14.2 Å². The zero-order chi connectivity index (χ0) is 34.6. The average Bonchev–Trinajstić information content (AvgIpc) is 3.51. The number of hydrogen-bond donors (Lipinski definition) is 0. The van der Waals surface area contributed by atoms with Crippen LogP contribution in [0, 0.1) is 0 Å². The predicted octanol–water partition coefficient (Wildman–Crippen LogP) is 11.1. The second kappa shape index (κ2) is 12.6. The number of anilines is 1. The second-order valence-electron chi connectivity index (χ2n) is 14.3. The van der Waals surface area contributed by atoms with Gasteiger partial charge in [-0.15, -0.1) is 0 Å². The minimum Gasteiger partial charge on any atom is -0.494 e. The van der Waals surface area contributed by atoms with Crippen LogP contribution < -0.4 is 14.4 Å². The fraction of sp³-hybridized carbons (Fsp3) is 0.277. The maximum Gasteiger partial charge on any atom is 0.178 e. The summed E-state index contributed by atoms with van der Waals surface area (Å²) < 4.78 is 19.7. The van der Waals surface area contributed by atoms with E-state index in [2.05, 4.69) is 147 Å². The maximum atomic E-state index is 7.73. The lowest BCUT2D eigenvalue weighted by atomic mass is 9.71. The topological polar surface area (TPSA) is 30.9 Å². The summed E-state index contributed by atoms with van der Waals surface area (Å²) in [4.78, 5) is 2.41. The van der Waals surface area contributed by atoms with Crippen molar-refractivity contribution in [2.24, 2.45) is 0 Å². The molecule has 0 bridgehead atoms. The highest BCUT2D eigenvalue weighted by Crippen LogP contribution is 2.60. The molecule has 0 spiro atoms. The van der Waals surface area contributed by atoms with Gasteiger partial charge in [0, 0.05) is 46.3 Å². The molecule has 2 heterocycles. The first-order chi connectivity index (χ1) is 25.1. The molecule has 0 radical (unpaired) electrons. The average molecular weight is 672 g/mol. The normalized spacial score (nSPS) is 18.7. The van der Waals surface area contributed by atoms with Crippen molar-refractivity contribution in [2.75, 3.05) is 37.8 Å². The van der Waals surface area contributed by atoms with Gasteiger partial charge in [0.25, 0.3) is 0 Å². The fourth-order valence-electron chi connectivity index (χ4n) is 9.08. The summed E-state index contributed by atoms with van der Waals surface area (Å²) in [6.07, 6.45) is 7.68. The molecular weight excluding hydrogens is 627 g/mol. The Morgan fingerprint density at radius 1 is 0.725 bits per heavy atom. The van der Waals surface area contributed by atoms with Crippen LogP contribution in [0.2, 0.25) is 0 Å². The Balaban J connectivity index is 1.31. The van der Waals surface area contributed by atoms with Crippen LogP contribution in [-0.4, -0.2) is 32.9 Å². The van der Waals surface area contributed by atoms with Gasteiger partial charge in [0.05, 0.1) is 19.8 Å². The summed E-state index contributed by atoms with van der Waals surface area (Å²) in [5.74, 6) is 1.80. The first-order valence-corrected chi connectivity index (χ1v) is 18.8. The van der Waals surface area contributed by atoms with Gasteiger partial charge in [-0.3, -0.25) is 0 Å². The van der Waals surface area contributed by atoms with Crippen LogP contribution in [0.1, 0.15) is 67.9 Å². The number of nitrogens with zero attached hydrogens (tertiary/aromatic N) is 1. The molecule has 2 aliphatic heterocycles. The van der Waals surface area contributed by atoms with Crippen LogP contribution in [0.25, 0.3) is 38.7 Å². The summed E-state index contributed by atoms with van der Waals surface area (Å²) >= 11 is 0. The molecule has 4 heteroatoms. The van der Waals surface area contributed by atoms with Crippen molar-refractivity contribution in [1.29, 1.82) is 0 Å². The highest BCUT2D eigenvalue weighted by atomic mass is 16.5. The number of ether oxygens (including phenoxy) is 3. The molecule has 0 aromatic heterocycles. The number of benzene rings is 6. The summed E-state index contributed by atoms with van der Waals surface area (Å²) in [6, 6.07) is 40.1. The van der Waals surface area contributed by atoms with Gasteiger partial charge in [-0.1, -0.05) is 99.6 Å². The van der Waals surface area contributed by atoms with Crippen LogP contribution in [0.5, 0.6) is 11.5 Å². The smallest absolute Gasteiger partial charge is 0.178 e. The molecule has 0 N–H and O–H groups in total. The lowest BCUT2D eigenvalue weighted by Crippen LogP contribution is -2.37. The van der Waals surface area contributed by atoms with Gasteiger partial charge in [-0.05, 0) is 100 Å². The van der Waals surface area contributed by atoms with E-state index in [0.29, 0.717) is 6.61 Å². The SMILES string of the molecule is CCCOc1ccc2c3c(c4c(c2c1)OC(c1ccc(N2CCOCC2)cc1)(c1ccc2ccccc2c1)C=C4)C(CC)(CC)c1ccccc1-3. The van der Waals surface area contributed by atoms with Crippen LogP contribution in [-0.2, 0) is 15.8 Å². The minimum atomic E-state index is -0.853.